The van der Waals surface area contributed by atoms with Gasteiger partial charge >= 0.3 is 17.1 Å². The molecule has 1 unspecified atom stereocenters. The topological polar surface area (TPSA) is 83.9 Å². The number of hydrogen-bond acceptors (Lipinski definition) is 4. The average Bonchev–Trinajstić information content (AvgIpc) is 2.43. The highest BCUT2D eigenvalue weighted by Gasteiger charge is 2.72. The van der Waals surface area contributed by atoms with Gasteiger partial charge in [0.25, 0.3) is 10.0 Å². The third kappa shape index (κ3) is 2.38. The second kappa shape index (κ2) is 5.24. The number of carboxylic acid groups (broad SMARTS) is 1. The largest absolute Gasteiger partial charge is 0.478 e. The van der Waals surface area contributed by atoms with Crippen LogP contribution < -0.4 is 4.74 Å². The van der Waals surface area contributed by atoms with Gasteiger partial charge in [-0.3, -0.25) is 0 Å². The second-order valence-electron chi connectivity index (χ2n) is 4.90. The van der Waals surface area contributed by atoms with Crippen LogP contribution in [0.3, 0.4) is 0 Å². The summed E-state index contributed by atoms with van der Waals surface area (Å²) in [7, 11) is -3.48. The maximum atomic E-state index is 13.7. The Morgan fingerprint density at radius 3 is 2.30 bits per heavy atom. The zero-order chi connectivity index (χ0) is 17.6. The van der Waals surface area contributed by atoms with Crippen molar-refractivity contribution >= 4 is 22.1 Å². The molecule has 1 heterocycles. The fourth-order valence-electron chi connectivity index (χ4n) is 2.16. The van der Waals surface area contributed by atoms with Crippen molar-refractivity contribution < 1.29 is 36.2 Å². The van der Waals surface area contributed by atoms with Crippen molar-refractivity contribution in [2.45, 2.75) is 11.1 Å². The number of para-hydroxylation sites is 1. The molecule has 0 saturated carbocycles. The number of aliphatic carboxylic acids is 1. The Kier molecular flexibility index (Phi) is 3.94. The lowest BCUT2D eigenvalue weighted by molar-refractivity contribution is -0.204. The van der Waals surface area contributed by atoms with Gasteiger partial charge in [-0.2, -0.15) is 13.2 Å². The van der Waals surface area contributed by atoms with E-state index in [-0.39, 0.29) is 15.6 Å². The van der Waals surface area contributed by atoms with E-state index in [1.165, 1.54) is 18.2 Å². The molecule has 0 radical (unpaired) electrons. The molecule has 0 bridgehead atoms. The molecule has 1 N–H and O–H groups in total. The number of halogens is 3. The summed E-state index contributed by atoms with van der Waals surface area (Å²) < 4.78 is 70.9. The van der Waals surface area contributed by atoms with Crippen LogP contribution in [0.2, 0.25) is 0 Å². The van der Waals surface area contributed by atoms with Crippen molar-refractivity contribution in [1.29, 1.82) is 0 Å². The van der Waals surface area contributed by atoms with Crippen molar-refractivity contribution in [3.8, 4) is 5.75 Å². The highest BCUT2D eigenvalue weighted by molar-refractivity contribution is 7.90. The van der Waals surface area contributed by atoms with Gasteiger partial charge in [0.2, 0.25) is 0 Å². The van der Waals surface area contributed by atoms with Gasteiger partial charge in [0.1, 0.15) is 11.3 Å². The van der Waals surface area contributed by atoms with Crippen LogP contribution in [-0.4, -0.2) is 49.0 Å². The molecule has 1 aliphatic rings. The lowest BCUT2D eigenvalue weighted by Gasteiger charge is -2.39. The van der Waals surface area contributed by atoms with E-state index in [1.807, 2.05) is 0 Å². The van der Waals surface area contributed by atoms with E-state index in [1.54, 1.807) is 0 Å². The van der Waals surface area contributed by atoms with E-state index >= 15 is 0 Å². The maximum absolute atomic E-state index is 13.7. The molecule has 0 aromatic heterocycles. The van der Waals surface area contributed by atoms with E-state index < -0.39 is 32.7 Å². The molecule has 0 spiro atoms. The molecule has 1 aromatic rings. The zero-order valence-corrected chi connectivity index (χ0v) is 12.8. The Morgan fingerprint density at radius 2 is 1.83 bits per heavy atom. The molecule has 0 saturated heterocycles. The van der Waals surface area contributed by atoms with Gasteiger partial charge in [-0.1, -0.05) is 18.2 Å². The van der Waals surface area contributed by atoms with Crippen molar-refractivity contribution in [2.24, 2.45) is 0 Å². The molecule has 23 heavy (non-hydrogen) atoms. The summed E-state index contributed by atoms with van der Waals surface area (Å²) in [6.07, 6.45) is -4.86. The van der Waals surface area contributed by atoms with Crippen molar-refractivity contribution in [3.63, 3.8) is 0 Å². The van der Waals surface area contributed by atoms with Crippen LogP contribution in [0.5, 0.6) is 5.75 Å². The van der Waals surface area contributed by atoms with Crippen LogP contribution in [0.1, 0.15) is 5.56 Å². The SMILES string of the molecule is CN(C)S(=O)(=O)C1(C(F)(F)F)Oc2ccccc2C=C1C(=O)O. The normalized spacial score (nSPS) is 21.4. The number of hydrogen-bond donors (Lipinski definition) is 1. The van der Waals surface area contributed by atoms with Crippen LogP contribution in [0.15, 0.2) is 29.8 Å². The van der Waals surface area contributed by atoms with Crippen molar-refractivity contribution in [1.82, 2.24) is 4.31 Å². The predicted molar refractivity (Wildman–Crippen MR) is 74.1 cm³/mol. The molecule has 10 heteroatoms. The minimum absolute atomic E-state index is 0.0405. The Labute approximate surface area is 129 Å². The van der Waals surface area contributed by atoms with Gasteiger partial charge in [0, 0.05) is 19.7 Å². The van der Waals surface area contributed by atoms with E-state index in [9.17, 15) is 31.5 Å². The molecule has 6 nitrogen and oxygen atoms in total. The van der Waals surface area contributed by atoms with Gasteiger partial charge < -0.3 is 9.84 Å². The fourth-order valence-corrected chi connectivity index (χ4v) is 3.59. The maximum Gasteiger partial charge on any atom is 0.449 e. The van der Waals surface area contributed by atoms with E-state index in [4.69, 9.17) is 4.74 Å². The van der Waals surface area contributed by atoms with Crippen LogP contribution in [0.25, 0.3) is 6.08 Å². The number of benzene rings is 1. The number of fused-ring (bicyclic) bond motifs is 1. The number of ether oxygens (including phenoxy) is 1. The number of nitrogens with zero attached hydrogens (tertiary/aromatic N) is 1. The third-order valence-electron chi connectivity index (χ3n) is 3.27. The van der Waals surface area contributed by atoms with Gasteiger partial charge in [0.15, 0.2) is 0 Å². The predicted octanol–water partition coefficient (Wildman–Crippen LogP) is 1.70. The van der Waals surface area contributed by atoms with Crippen molar-refractivity contribution in [3.05, 3.63) is 35.4 Å². The first kappa shape index (κ1) is 17.3. The molecular formula is C13H12F3NO5S. The first-order valence-electron chi connectivity index (χ1n) is 6.17. The number of carboxylic acids is 1. The lowest BCUT2D eigenvalue weighted by Crippen LogP contribution is -2.63. The van der Waals surface area contributed by atoms with Crippen LogP contribution >= 0.6 is 0 Å². The molecule has 126 valence electrons. The summed E-state index contributed by atoms with van der Waals surface area (Å²) in [6, 6.07) is 5.26. The average molecular weight is 351 g/mol. The standard InChI is InChI=1S/C13H12F3NO5S/c1-17(2)23(20,21)12(13(14,15)16)9(11(18)19)7-8-5-3-4-6-10(8)22-12/h3-7H,1-2H3,(H,18,19). The van der Waals surface area contributed by atoms with Crippen molar-refractivity contribution in [2.75, 3.05) is 14.1 Å². The first-order chi connectivity index (χ1) is 10.4. The molecule has 0 fully saturated rings. The number of rotatable bonds is 3. The smallest absolute Gasteiger partial charge is 0.449 e. The number of sulfonamides is 1. The molecular weight excluding hydrogens is 339 g/mol. The summed E-state index contributed by atoms with van der Waals surface area (Å²) in [5.74, 6) is -2.41. The second-order valence-corrected chi connectivity index (χ2v) is 7.16. The summed E-state index contributed by atoms with van der Waals surface area (Å²) >= 11 is 0. The van der Waals surface area contributed by atoms with E-state index in [0.29, 0.717) is 6.08 Å². The molecule has 1 aliphatic heterocycles. The lowest BCUT2D eigenvalue weighted by atomic mass is 10.0. The summed E-state index contributed by atoms with van der Waals surface area (Å²) in [5.41, 5.74) is -1.38. The minimum atomic E-state index is -5.52. The van der Waals surface area contributed by atoms with Crippen LogP contribution in [0.4, 0.5) is 13.2 Å². The molecule has 1 aromatic carbocycles. The van der Waals surface area contributed by atoms with E-state index in [2.05, 4.69) is 0 Å². The molecule has 2 rings (SSSR count). The highest BCUT2D eigenvalue weighted by atomic mass is 32.2. The Hall–Kier alpha value is -2.07. The van der Waals surface area contributed by atoms with Gasteiger partial charge in [-0.15, -0.1) is 0 Å². The molecule has 1 atom stereocenters. The van der Waals surface area contributed by atoms with Gasteiger partial charge in [-0.25, -0.2) is 17.5 Å². The Balaban J connectivity index is 2.90. The Morgan fingerprint density at radius 1 is 1.26 bits per heavy atom. The summed E-state index contributed by atoms with van der Waals surface area (Å²) in [5, 5.41) is 9.18. The van der Waals surface area contributed by atoms with Crippen LogP contribution in [0, 0.1) is 0 Å². The monoisotopic (exact) mass is 351 g/mol. The number of carbonyl (C=O) groups is 1. The summed E-state index contributed by atoms with van der Waals surface area (Å²) in [4.78, 5) is 7.34. The van der Waals surface area contributed by atoms with E-state index in [0.717, 1.165) is 20.2 Å². The number of alkyl halides is 3. The first-order valence-corrected chi connectivity index (χ1v) is 7.61. The molecule has 0 aliphatic carbocycles. The van der Waals surface area contributed by atoms with Gasteiger partial charge in [0.05, 0.1) is 0 Å². The van der Waals surface area contributed by atoms with Crippen LogP contribution in [-0.2, 0) is 14.8 Å². The Bertz CT molecular complexity index is 785. The molecule has 0 amide bonds. The third-order valence-corrected chi connectivity index (χ3v) is 5.50. The highest BCUT2D eigenvalue weighted by Crippen LogP contribution is 2.49. The zero-order valence-electron chi connectivity index (χ0n) is 12.0. The van der Waals surface area contributed by atoms with Gasteiger partial charge in [-0.05, 0) is 12.1 Å². The summed E-state index contributed by atoms with van der Waals surface area (Å²) in [6.45, 7) is 0. The fraction of sp³-hybridized carbons (Fsp3) is 0.308. The minimum Gasteiger partial charge on any atom is -0.478 e. The quantitative estimate of drug-likeness (QED) is 0.896.